The number of aliphatic hydroxyl groups is 1. The fourth-order valence-corrected chi connectivity index (χ4v) is 2.09. The number of amides is 2. The molecule has 0 aliphatic carbocycles. The highest BCUT2D eigenvalue weighted by Crippen LogP contribution is 2.21. The van der Waals surface area contributed by atoms with Crippen molar-refractivity contribution in [3.05, 3.63) is 54.4 Å². The number of pyridine rings is 1. The molecule has 2 atom stereocenters. The van der Waals surface area contributed by atoms with E-state index in [0.717, 1.165) is 16.7 Å². The third kappa shape index (κ3) is 4.30. The number of hydrogen-bond donors (Lipinski definition) is 3. The standard InChI is InChI=1S/C17H21N3O2/c1-12(11-21)19-17(22)20-13(2)14-5-7-15(8-6-14)16-4-3-9-18-10-16/h3-10,12-13,21H,11H2,1-2H3,(H2,19,20,22)/t12-,13?/m0/s1. The summed E-state index contributed by atoms with van der Waals surface area (Å²) >= 11 is 0. The van der Waals surface area contributed by atoms with Gasteiger partial charge in [-0.05, 0) is 36.6 Å². The minimum absolute atomic E-state index is 0.0817. The molecule has 1 unspecified atom stereocenters. The molecule has 0 bridgehead atoms. The first kappa shape index (κ1) is 16.0. The number of carbonyl (C=O) groups is 1. The average Bonchev–Trinajstić information content (AvgIpc) is 2.55. The zero-order chi connectivity index (χ0) is 15.9. The molecule has 5 nitrogen and oxygen atoms in total. The van der Waals surface area contributed by atoms with Gasteiger partial charge in [0.05, 0.1) is 18.7 Å². The number of hydrogen-bond acceptors (Lipinski definition) is 3. The predicted octanol–water partition coefficient (Wildman–Crippen LogP) is 2.49. The van der Waals surface area contributed by atoms with E-state index in [-0.39, 0.29) is 24.7 Å². The van der Waals surface area contributed by atoms with E-state index in [1.807, 2.05) is 49.5 Å². The summed E-state index contributed by atoms with van der Waals surface area (Å²) in [5.41, 5.74) is 3.16. The molecule has 0 saturated heterocycles. The van der Waals surface area contributed by atoms with E-state index in [1.54, 1.807) is 13.1 Å². The van der Waals surface area contributed by atoms with E-state index in [1.165, 1.54) is 0 Å². The van der Waals surface area contributed by atoms with Crippen molar-refractivity contribution in [1.29, 1.82) is 0 Å². The van der Waals surface area contributed by atoms with Crippen molar-refractivity contribution in [2.45, 2.75) is 25.9 Å². The van der Waals surface area contributed by atoms with Crippen LogP contribution in [0.15, 0.2) is 48.8 Å². The second kappa shape index (κ2) is 7.56. The van der Waals surface area contributed by atoms with Crippen LogP contribution in [0.1, 0.15) is 25.5 Å². The molecule has 116 valence electrons. The maximum atomic E-state index is 11.7. The Labute approximate surface area is 130 Å². The number of urea groups is 1. The number of aromatic nitrogens is 1. The zero-order valence-corrected chi connectivity index (χ0v) is 12.8. The van der Waals surface area contributed by atoms with Crippen molar-refractivity contribution < 1.29 is 9.90 Å². The van der Waals surface area contributed by atoms with Crippen LogP contribution in [-0.2, 0) is 0 Å². The van der Waals surface area contributed by atoms with Crippen molar-refractivity contribution in [3.8, 4) is 11.1 Å². The van der Waals surface area contributed by atoms with Crippen molar-refractivity contribution in [3.63, 3.8) is 0 Å². The molecule has 1 aromatic carbocycles. The van der Waals surface area contributed by atoms with E-state index in [9.17, 15) is 4.79 Å². The van der Waals surface area contributed by atoms with Crippen LogP contribution >= 0.6 is 0 Å². The van der Waals surface area contributed by atoms with Gasteiger partial charge in [0.2, 0.25) is 0 Å². The van der Waals surface area contributed by atoms with Gasteiger partial charge in [0, 0.05) is 12.4 Å². The molecule has 1 heterocycles. The first-order chi connectivity index (χ1) is 10.6. The highest BCUT2D eigenvalue weighted by atomic mass is 16.3. The van der Waals surface area contributed by atoms with Gasteiger partial charge in [0.25, 0.3) is 0 Å². The molecule has 0 aliphatic heterocycles. The van der Waals surface area contributed by atoms with E-state index in [2.05, 4.69) is 15.6 Å². The third-order valence-electron chi connectivity index (χ3n) is 3.40. The molecule has 0 spiro atoms. The molecule has 0 saturated carbocycles. The molecule has 1 aromatic heterocycles. The summed E-state index contributed by atoms with van der Waals surface area (Å²) in [5, 5.41) is 14.4. The summed E-state index contributed by atoms with van der Waals surface area (Å²) < 4.78 is 0. The molecular formula is C17H21N3O2. The Morgan fingerprint density at radius 3 is 2.45 bits per heavy atom. The lowest BCUT2D eigenvalue weighted by molar-refractivity contribution is 0.218. The van der Waals surface area contributed by atoms with Crippen LogP contribution in [0.2, 0.25) is 0 Å². The van der Waals surface area contributed by atoms with Crippen LogP contribution < -0.4 is 10.6 Å². The molecule has 5 heteroatoms. The van der Waals surface area contributed by atoms with Gasteiger partial charge < -0.3 is 15.7 Å². The van der Waals surface area contributed by atoms with Gasteiger partial charge in [0.1, 0.15) is 0 Å². The van der Waals surface area contributed by atoms with Gasteiger partial charge in [-0.1, -0.05) is 30.3 Å². The number of nitrogens with one attached hydrogen (secondary N) is 2. The normalized spacial score (nSPS) is 13.2. The highest BCUT2D eigenvalue weighted by Gasteiger charge is 2.11. The second-order valence-corrected chi connectivity index (χ2v) is 5.29. The largest absolute Gasteiger partial charge is 0.394 e. The number of benzene rings is 1. The highest BCUT2D eigenvalue weighted by molar-refractivity contribution is 5.74. The Balaban J connectivity index is 1.99. The predicted molar refractivity (Wildman–Crippen MR) is 86.3 cm³/mol. The number of aliphatic hydroxyl groups excluding tert-OH is 1. The maximum absolute atomic E-state index is 11.7. The monoisotopic (exact) mass is 299 g/mol. The Bertz CT molecular complexity index is 599. The van der Waals surface area contributed by atoms with E-state index in [4.69, 9.17) is 5.11 Å². The van der Waals surface area contributed by atoms with E-state index >= 15 is 0 Å². The minimum Gasteiger partial charge on any atom is -0.394 e. The lowest BCUT2D eigenvalue weighted by Crippen LogP contribution is -2.43. The minimum atomic E-state index is -0.287. The fourth-order valence-electron chi connectivity index (χ4n) is 2.09. The number of carbonyl (C=O) groups excluding carboxylic acids is 1. The summed E-state index contributed by atoms with van der Waals surface area (Å²) in [6.45, 7) is 3.58. The summed E-state index contributed by atoms with van der Waals surface area (Å²) in [4.78, 5) is 15.9. The van der Waals surface area contributed by atoms with Crippen molar-refractivity contribution >= 4 is 6.03 Å². The Morgan fingerprint density at radius 1 is 1.14 bits per heavy atom. The quantitative estimate of drug-likeness (QED) is 0.794. The summed E-state index contributed by atoms with van der Waals surface area (Å²) in [5.74, 6) is 0. The third-order valence-corrected chi connectivity index (χ3v) is 3.40. The van der Waals surface area contributed by atoms with Crippen molar-refractivity contribution in [1.82, 2.24) is 15.6 Å². The lowest BCUT2D eigenvalue weighted by Gasteiger charge is -2.17. The van der Waals surface area contributed by atoms with Gasteiger partial charge in [0.15, 0.2) is 0 Å². The first-order valence-electron chi connectivity index (χ1n) is 7.28. The van der Waals surface area contributed by atoms with Gasteiger partial charge in [-0.2, -0.15) is 0 Å². The summed E-state index contributed by atoms with van der Waals surface area (Å²) in [6.07, 6.45) is 3.57. The van der Waals surface area contributed by atoms with Crippen LogP contribution in [0.4, 0.5) is 4.79 Å². The van der Waals surface area contributed by atoms with Gasteiger partial charge in [-0.15, -0.1) is 0 Å². The van der Waals surface area contributed by atoms with Gasteiger partial charge >= 0.3 is 6.03 Å². The van der Waals surface area contributed by atoms with E-state index in [0.29, 0.717) is 0 Å². The molecule has 0 aliphatic rings. The van der Waals surface area contributed by atoms with Crippen molar-refractivity contribution in [2.75, 3.05) is 6.61 Å². The Hall–Kier alpha value is -2.40. The molecular weight excluding hydrogens is 278 g/mol. The van der Waals surface area contributed by atoms with Crippen LogP contribution in [0.3, 0.4) is 0 Å². The second-order valence-electron chi connectivity index (χ2n) is 5.29. The topological polar surface area (TPSA) is 74.2 Å². The molecule has 2 amide bonds. The lowest BCUT2D eigenvalue weighted by atomic mass is 10.0. The summed E-state index contributed by atoms with van der Waals surface area (Å²) in [6, 6.07) is 11.2. The van der Waals surface area contributed by atoms with Gasteiger partial charge in [-0.3, -0.25) is 4.98 Å². The van der Waals surface area contributed by atoms with Gasteiger partial charge in [-0.25, -0.2) is 4.79 Å². The maximum Gasteiger partial charge on any atom is 0.315 e. The number of nitrogens with zero attached hydrogens (tertiary/aromatic N) is 1. The van der Waals surface area contributed by atoms with Crippen LogP contribution in [0.5, 0.6) is 0 Å². The Kier molecular flexibility index (Phi) is 5.49. The number of rotatable bonds is 5. The molecule has 22 heavy (non-hydrogen) atoms. The smallest absolute Gasteiger partial charge is 0.315 e. The van der Waals surface area contributed by atoms with Crippen molar-refractivity contribution in [2.24, 2.45) is 0 Å². The zero-order valence-electron chi connectivity index (χ0n) is 12.8. The average molecular weight is 299 g/mol. The van der Waals surface area contributed by atoms with Crippen LogP contribution in [-0.4, -0.2) is 28.8 Å². The van der Waals surface area contributed by atoms with Crippen LogP contribution in [0.25, 0.3) is 11.1 Å². The Morgan fingerprint density at radius 2 is 1.86 bits per heavy atom. The molecule has 0 radical (unpaired) electrons. The van der Waals surface area contributed by atoms with E-state index < -0.39 is 0 Å². The van der Waals surface area contributed by atoms with Crippen LogP contribution in [0, 0.1) is 0 Å². The molecule has 2 aromatic rings. The SMILES string of the molecule is CC(NC(=O)N[C@@H](C)CO)c1ccc(-c2cccnc2)cc1. The molecule has 0 fully saturated rings. The molecule has 3 N–H and O–H groups in total. The molecule has 2 rings (SSSR count). The fraction of sp³-hybridized carbons (Fsp3) is 0.294. The first-order valence-corrected chi connectivity index (χ1v) is 7.28. The summed E-state index contributed by atoms with van der Waals surface area (Å²) in [7, 11) is 0.